The number of hydrogen-bond donors (Lipinski definition) is 1. The highest BCUT2D eigenvalue weighted by atomic mass is 31.0. The van der Waals surface area contributed by atoms with Gasteiger partial charge in [-0.3, -0.25) is 0 Å². The first-order valence-electron chi connectivity index (χ1n) is 10.3. The minimum Gasteiger partial charge on any atom is -0.477 e. The van der Waals surface area contributed by atoms with Crippen molar-refractivity contribution in [1.82, 2.24) is 0 Å². The van der Waals surface area contributed by atoms with E-state index in [-0.39, 0.29) is 5.34 Å². The van der Waals surface area contributed by atoms with Crippen molar-refractivity contribution < 1.29 is 45.4 Å². The standard InChI is InChI=1S/C16H35OP.C4HF7O2/c1-6-9-12-15(4,13-10-7-2)16(18,17-5)14-11-8-3;5-2(6,1(12)13)3(7,8)4(9,10)11/h6-14,18H2,1-5H3;(H,12,13). The predicted octanol–water partition coefficient (Wildman–Crippen LogP) is 7.69. The van der Waals surface area contributed by atoms with Crippen LogP contribution in [0.15, 0.2) is 0 Å². The zero-order valence-electron chi connectivity index (χ0n) is 18.9. The lowest BCUT2D eigenvalue weighted by atomic mass is 9.73. The van der Waals surface area contributed by atoms with Crippen LogP contribution in [0.3, 0.4) is 0 Å². The van der Waals surface area contributed by atoms with Gasteiger partial charge in [-0.1, -0.05) is 66.2 Å². The van der Waals surface area contributed by atoms with Crippen molar-refractivity contribution >= 4 is 15.2 Å². The first-order valence-corrected chi connectivity index (χ1v) is 10.9. The number of carbonyl (C=O) groups is 1. The molecule has 0 aromatic carbocycles. The number of halogens is 7. The molecule has 11 heteroatoms. The van der Waals surface area contributed by atoms with E-state index in [1.807, 2.05) is 7.11 Å². The fourth-order valence-electron chi connectivity index (χ4n) is 3.08. The summed E-state index contributed by atoms with van der Waals surface area (Å²) < 4.78 is 86.5. The summed E-state index contributed by atoms with van der Waals surface area (Å²) in [5.41, 5.74) is 0.299. The van der Waals surface area contributed by atoms with Crippen LogP contribution in [0.1, 0.15) is 85.5 Å². The van der Waals surface area contributed by atoms with E-state index in [1.165, 1.54) is 51.4 Å². The molecule has 0 aromatic heterocycles. The maximum absolute atomic E-state index is 11.8. The molecule has 0 aliphatic heterocycles. The molecule has 0 radical (unpaired) electrons. The van der Waals surface area contributed by atoms with Crippen molar-refractivity contribution in [1.29, 1.82) is 0 Å². The Labute approximate surface area is 182 Å². The first kappa shape index (κ1) is 32.5. The van der Waals surface area contributed by atoms with Crippen LogP contribution in [0.4, 0.5) is 30.7 Å². The van der Waals surface area contributed by atoms with Crippen LogP contribution >= 0.6 is 9.24 Å². The summed E-state index contributed by atoms with van der Waals surface area (Å²) >= 11 is 0. The molecule has 2 unspecified atom stereocenters. The molecule has 0 fully saturated rings. The van der Waals surface area contributed by atoms with E-state index in [4.69, 9.17) is 9.84 Å². The van der Waals surface area contributed by atoms with E-state index in [1.54, 1.807) is 0 Å². The highest BCUT2D eigenvalue weighted by molar-refractivity contribution is 7.18. The van der Waals surface area contributed by atoms with E-state index >= 15 is 0 Å². The molecule has 3 nitrogen and oxygen atoms in total. The van der Waals surface area contributed by atoms with Gasteiger partial charge < -0.3 is 9.84 Å². The summed E-state index contributed by atoms with van der Waals surface area (Å²) in [6.45, 7) is 9.26. The molecular weight excluding hydrogens is 452 g/mol. The van der Waals surface area contributed by atoms with Gasteiger partial charge in [-0.15, -0.1) is 9.24 Å². The molecule has 1 N–H and O–H groups in total. The van der Waals surface area contributed by atoms with E-state index in [0.29, 0.717) is 5.41 Å². The summed E-state index contributed by atoms with van der Waals surface area (Å²) in [5, 5.41) is 7.38. The summed E-state index contributed by atoms with van der Waals surface area (Å²) in [5.74, 6) is -16.3. The maximum atomic E-state index is 11.8. The smallest absolute Gasteiger partial charge is 0.460 e. The summed E-state index contributed by atoms with van der Waals surface area (Å²) in [7, 11) is 4.94. The molecule has 0 amide bonds. The van der Waals surface area contributed by atoms with Crippen molar-refractivity contribution in [3.8, 4) is 0 Å². The number of unbranched alkanes of at least 4 members (excludes halogenated alkanes) is 3. The van der Waals surface area contributed by atoms with Gasteiger partial charge in [-0.05, 0) is 24.7 Å². The third-order valence-electron chi connectivity index (χ3n) is 5.47. The number of methoxy groups -OCH3 is 1. The summed E-state index contributed by atoms with van der Waals surface area (Å²) in [6.07, 6.45) is 4.80. The Kier molecular flexibility index (Phi) is 13.8. The largest absolute Gasteiger partial charge is 0.477 e. The second-order valence-electron chi connectivity index (χ2n) is 7.92. The van der Waals surface area contributed by atoms with Gasteiger partial charge in [0.05, 0.1) is 5.34 Å². The van der Waals surface area contributed by atoms with Gasteiger partial charge in [0, 0.05) is 7.11 Å². The van der Waals surface area contributed by atoms with Crippen LogP contribution in [-0.4, -0.2) is 41.5 Å². The Bertz CT molecular complexity index is 519. The van der Waals surface area contributed by atoms with Gasteiger partial charge in [-0.25, -0.2) is 4.79 Å². The zero-order chi connectivity index (χ0) is 25.1. The normalized spacial score (nSPS) is 15.1. The molecule has 188 valence electrons. The minimum absolute atomic E-state index is 0.0344. The van der Waals surface area contributed by atoms with Crippen molar-refractivity contribution in [2.45, 2.75) is 109 Å². The number of alkyl halides is 7. The van der Waals surface area contributed by atoms with Gasteiger partial charge in [-0.2, -0.15) is 30.7 Å². The van der Waals surface area contributed by atoms with E-state index < -0.39 is 24.0 Å². The topological polar surface area (TPSA) is 46.5 Å². The van der Waals surface area contributed by atoms with Gasteiger partial charge >= 0.3 is 24.0 Å². The van der Waals surface area contributed by atoms with Gasteiger partial charge in [0.15, 0.2) is 0 Å². The monoisotopic (exact) mass is 488 g/mol. The van der Waals surface area contributed by atoms with Crippen molar-refractivity contribution in [2.75, 3.05) is 7.11 Å². The molecule has 0 saturated heterocycles. The fraction of sp³-hybridized carbons (Fsp3) is 0.950. The second-order valence-corrected chi connectivity index (χ2v) is 8.85. The fourth-order valence-corrected chi connectivity index (χ4v) is 3.58. The van der Waals surface area contributed by atoms with Crippen LogP contribution in [0.25, 0.3) is 0 Å². The van der Waals surface area contributed by atoms with E-state index in [0.717, 1.165) is 6.42 Å². The molecule has 0 bridgehead atoms. The Morgan fingerprint density at radius 2 is 1.19 bits per heavy atom. The number of carboxylic acids is 1. The van der Waals surface area contributed by atoms with E-state index in [2.05, 4.69) is 36.9 Å². The average molecular weight is 488 g/mol. The molecule has 0 saturated carbocycles. The predicted molar refractivity (Wildman–Crippen MR) is 110 cm³/mol. The number of rotatable bonds is 13. The lowest BCUT2D eigenvalue weighted by Crippen LogP contribution is -2.56. The molecule has 0 aliphatic carbocycles. The van der Waals surface area contributed by atoms with Crippen LogP contribution in [0, 0.1) is 5.41 Å². The Morgan fingerprint density at radius 3 is 1.42 bits per heavy atom. The molecular formula is C20H36F7O3P. The molecule has 0 aromatic rings. The maximum Gasteiger partial charge on any atom is 0.460 e. The highest BCUT2D eigenvalue weighted by Crippen LogP contribution is 2.50. The average Bonchev–Trinajstić information content (AvgIpc) is 2.68. The number of aliphatic carboxylic acids is 1. The quantitative estimate of drug-likeness (QED) is 0.214. The first-order chi connectivity index (χ1) is 13.9. The van der Waals surface area contributed by atoms with Gasteiger partial charge in [0.2, 0.25) is 0 Å². The highest BCUT2D eigenvalue weighted by Gasteiger charge is 2.76. The summed E-state index contributed by atoms with van der Waals surface area (Å²) in [4.78, 5) is 9.38. The third kappa shape index (κ3) is 8.67. The Balaban J connectivity index is 0. The van der Waals surface area contributed by atoms with E-state index in [9.17, 15) is 35.5 Å². The molecule has 0 rings (SSSR count). The Hall–Kier alpha value is -0.630. The Morgan fingerprint density at radius 1 is 0.839 bits per heavy atom. The molecule has 0 heterocycles. The van der Waals surface area contributed by atoms with Gasteiger partial charge in [0.25, 0.3) is 0 Å². The molecule has 31 heavy (non-hydrogen) atoms. The SMILES string of the molecule is CCCCC(C)(CCCC)C(P)(CCCC)OC.O=C(O)C(F)(F)C(F)(F)C(F)(F)F. The van der Waals surface area contributed by atoms with Gasteiger partial charge in [0.1, 0.15) is 0 Å². The van der Waals surface area contributed by atoms with Crippen molar-refractivity contribution in [2.24, 2.45) is 5.41 Å². The molecule has 0 spiro atoms. The lowest BCUT2D eigenvalue weighted by Gasteiger charge is -2.46. The van der Waals surface area contributed by atoms with Crippen LogP contribution in [0.5, 0.6) is 0 Å². The number of carboxylic acid groups (broad SMARTS) is 1. The third-order valence-corrected chi connectivity index (χ3v) is 6.69. The zero-order valence-corrected chi connectivity index (χ0v) is 20.0. The van der Waals surface area contributed by atoms with Crippen molar-refractivity contribution in [3.63, 3.8) is 0 Å². The van der Waals surface area contributed by atoms with Crippen LogP contribution < -0.4 is 0 Å². The second kappa shape index (κ2) is 13.2. The van der Waals surface area contributed by atoms with Crippen molar-refractivity contribution in [3.05, 3.63) is 0 Å². The number of hydrogen-bond acceptors (Lipinski definition) is 2. The number of ether oxygens (including phenoxy) is 1. The molecule has 0 aliphatic rings. The molecule has 2 atom stereocenters. The van der Waals surface area contributed by atoms with Crippen LogP contribution in [-0.2, 0) is 9.53 Å². The lowest BCUT2D eigenvalue weighted by molar-refractivity contribution is -0.347. The minimum atomic E-state index is -6.60. The summed E-state index contributed by atoms with van der Waals surface area (Å²) in [6, 6.07) is 0. The van der Waals surface area contributed by atoms with Crippen LogP contribution in [0.2, 0.25) is 0 Å².